The molecule has 8 nitrogen and oxygen atoms in total. The first kappa shape index (κ1) is 23.8. The maximum absolute atomic E-state index is 13.5. The van der Waals surface area contributed by atoms with Crippen molar-refractivity contribution in [2.75, 3.05) is 13.2 Å². The molecule has 2 aliphatic rings. The van der Waals surface area contributed by atoms with E-state index < -0.39 is 24.2 Å². The molecule has 32 heavy (non-hydrogen) atoms. The third-order valence-corrected chi connectivity index (χ3v) is 6.19. The largest absolute Gasteiger partial charge is 0.396 e. The fraction of sp³-hybridized carbons (Fsp3) is 0.542. The van der Waals surface area contributed by atoms with E-state index in [1.54, 1.807) is 11.8 Å². The van der Waals surface area contributed by atoms with Crippen LogP contribution in [0.4, 0.5) is 0 Å². The predicted octanol–water partition coefficient (Wildman–Crippen LogP) is 0.858. The maximum Gasteiger partial charge on any atom is 0.246 e. The highest BCUT2D eigenvalue weighted by Crippen LogP contribution is 2.21. The summed E-state index contributed by atoms with van der Waals surface area (Å²) in [7, 11) is 0. The van der Waals surface area contributed by atoms with Crippen molar-refractivity contribution >= 4 is 17.7 Å². The lowest BCUT2D eigenvalue weighted by molar-refractivity contribution is -0.141. The summed E-state index contributed by atoms with van der Waals surface area (Å²) in [5.74, 6) is -0.725. The zero-order valence-electron chi connectivity index (χ0n) is 18.7. The minimum Gasteiger partial charge on any atom is -0.396 e. The summed E-state index contributed by atoms with van der Waals surface area (Å²) in [6.45, 7) is 6.41. The van der Waals surface area contributed by atoms with Crippen LogP contribution in [0.3, 0.4) is 0 Å². The molecule has 0 aliphatic carbocycles. The number of carbonyl (C=O) groups is 3. The fourth-order valence-electron chi connectivity index (χ4n) is 4.30. The Balaban J connectivity index is 1.86. The minimum atomic E-state index is -0.721. The van der Waals surface area contributed by atoms with Crippen LogP contribution in [-0.4, -0.2) is 65.0 Å². The number of carbonyl (C=O) groups excluding carboxylic acids is 3. The minimum absolute atomic E-state index is 0.0348. The lowest BCUT2D eigenvalue weighted by Crippen LogP contribution is -2.58. The molecule has 0 saturated carbocycles. The molecule has 0 radical (unpaired) electrons. The van der Waals surface area contributed by atoms with Crippen LogP contribution in [0.5, 0.6) is 0 Å². The highest BCUT2D eigenvalue weighted by molar-refractivity contribution is 5.94. The molecule has 0 spiro atoms. The van der Waals surface area contributed by atoms with Crippen molar-refractivity contribution in [1.29, 1.82) is 0 Å². The van der Waals surface area contributed by atoms with Gasteiger partial charge in [0.1, 0.15) is 18.1 Å². The Hall–Kier alpha value is -2.87. The summed E-state index contributed by atoms with van der Waals surface area (Å²) in [4.78, 5) is 41.2. The van der Waals surface area contributed by atoms with Gasteiger partial charge >= 0.3 is 0 Å². The van der Waals surface area contributed by atoms with Crippen LogP contribution in [0.1, 0.15) is 44.6 Å². The van der Waals surface area contributed by atoms with Crippen LogP contribution in [0.15, 0.2) is 42.6 Å². The van der Waals surface area contributed by atoms with Crippen LogP contribution in [-0.2, 0) is 20.8 Å². The Kier molecular flexibility index (Phi) is 8.27. The fourth-order valence-corrected chi connectivity index (χ4v) is 4.30. The Bertz CT molecular complexity index is 829. The average molecular weight is 443 g/mol. The molecule has 0 bridgehead atoms. The Morgan fingerprint density at radius 2 is 1.78 bits per heavy atom. The number of benzene rings is 1. The summed E-state index contributed by atoms with van der Waals surface area (Å²) in [6.07, 6.45) is 3.34. The standard InChI is InChI=1S/C24H34N4O4/c1-16-17(2)26-22(30)19(11-6-7-14-29)27-23(31)21-12-8-13-28(21)24(32)20(25-16)15-18-9-4-3-5-10-18/h3-5,9-10,17,19-21,25,29H,1,6-8,11-15H2,2H3,(H,26,30)(H,27,31)/t17?,19-,20?,21+/m0/s1. The number of unbranched alkanes of at least 4 members (excludes halogenated alkanes) is 1. The van der Waals surface area contributed by atoms with Crippen LogP contribution in [0.25, 0.3) is 0 Å². The topological polar surface area (TPSA) is 111 Å². The van der Waals surface area contributed by atoms with Crippen molar-refractivity contribution in [2.24, 2.45) is 0 Å². The van der Waals surface area contributed by atoms with Gasteiger partial charge in [-0.2, -0.15) is 0 Å². The Morgan fingerprint density at radius 3 is 2.50 bits per heavy atom. The molecule has 8 heteroatoms. The van der Waals surface area contributed by atoms with Gasteiger partial charge in [0.15, 0.2) is 0 Å². The van der Waals surface area contributed by atoms with Crippen molar-refractivity contribution in [3.8, 4) is 0 Å². The Labute approximate surface area is 189 Å². The summed E-state index contributed by atoms with van der Waals surface area (Å²) >= 11 is 0. The molecule has 4 atom stereocenters. The second kappa shape index (κ2) is 11.1. The SMILES string of the molecule is C=C1NC(Cc2ccccc2)C(=O)N2CCC[C@@H]2C(=O)N[C@@H](CCCCO)C(=O)NC1C. The summed E-state index contributed by atoms with van der Waals surface area (Å²) in [5.41, 5.74) is 1.54. The third kappa shape index (κ3) is 5.88. The molecular weight excluding hydrogens is 408 g/mol. The van der Waals surface area contributed by atoms with E-state index in [1.807, 2.05) is 30.3 Å². The van der Waals surface area contributed by atoms with Crippen molar-refractivity contribution in [3.63, 3.8) is 0 Å². The van der Waals surface area contributed by atoms with Crippen LogP contribution in [0, 0.1) is 0 Å². The normalized spacial score (nSPS) is 27.0. The summed E-state index contributed by atoms with van der Waals surface area (Å²) in [5, 5.41) is 18.1. The molecule has 2 saturated heterocycles. The molecule has 2 aliphatic heterocycles. The molecule has 2 unspecified atom stereocenters. The van der Waals surface area contributed by atoms with Gasteiger partial charge in [-0.25, -0.2) is 0 Å². The highest BCUT2D eigenvalue weighted by atomic mass is 16.3. The number of fused-ring (bicyclic) bond motifs is 1. The monoisotopic (exact) mass is 442 g/mol. The zero-order chi connectivity index (χ0) is 23.1. The quantitative estimate of drug-likeness (QED) is 0.489. The molecular formula is C24H34N4O4. The number of rotatable bonds is 6. The van der Waals surface area contributed by atoms with Gasteiger partial charge < -0.3 is 26.0 Å². The third-order valence-electron chi connectivity index (χ3n) is 6.19. The van der Waals surface area contributed by atoms with Crippen molar-refractivity contribution < 1.29 is 19.5 Å². The van der Waals surface area contributed by atoms with E-state index >= 15 is 0 Å². The van der Waals surface area contributed by atoms with E-state index in [2.05, 4.69) is 22.5 Å². The second-order valence-corrected chi connectivity index (χ2v) is 8.61. The number of hydrogen-bond donors (Lipinski definition) is 4. The molecule has 1 aromatic carbocycles. The summed E-state index contributed by atoms with van der Waals surface area (Å²) < 4.78 is 0. The Morgan fingerprint density at radius 1 is 1.03 bits per heavy atom. The van der Waals surface area contributed by atoms with Crippen molar-refractivity contribution in [3.05, 3.63) is 48.2 Å². The van der Waals surface area contributed by atoms with E-state index in [0.717, 1.165) is 12.0 Å². The average Bonchev–Trinajstić information content (AvgIpc) is 3.27. The molecule has 1 aromatic rings. The number of nitrogens with one attached hydrogen (secondary N) is 3. The molecule has 2 heterocycles. The first-order chi connectivity index (χ1) is 15.4. The van der Waals surface area contributed by atoms with Gasteiger partial charge in [0.2, 0.25) is 17.7 Å². The first-order valence-corrected chi connectivity index (χ1v) is 11.4. The van der Waals surface area contributed by atoms with Crippen LogP contribution in [0.2, 0.25) is 0 Å². The summed E-state index contributed by atoms with van der Waals surface area (Å²) in [6, 6.07) is 7.37. The molecule has 174 valence electrons. The maximum atomic E-state index is 13.5. The van der Waals surface area contributed by atoms with E-state index in [1.165, 1.54) is 0 Å². The second-order valence-electron chi connectivity index (χ2n) is 8.61. The van der Waals surface area contributed by atoms with Gasteiger partial charge in [-0.3, -0.25) is 14.4 Å². The van der Waals surface area contributed by atoms with Crippen LogP contribution >= 0.6 is 0 Å². The number of hydrogen-bond acceptors (Lipinski definition) is 5. The van der Waals surface area contributed by atoms with Gasteiger partial charge in [0, 0.05) is 25.3 Å². The van der Waals surface area contributed by atoms with Crippen molar-refractivity contribution in [2.45, 2.75) is 69.6 Å². The predicted molar refractivity (Wildman–Crippen MR) is 121 cm³/mol. The van der Waals surface area contributed by atoms with Gasteiger partial charge in [-0.15, -0.1) is 0 Å². The zero-order valence-corrected chi connectivity index (χ0v) is 18.7. The molecule has 3 rings (SSSR count). The lowest BCUT2D eigenvalue weighted by atomic mass is 10.0. The van der Waals surface area contributed by atoms with Crippen molar-refractivity contribution in [1.82, 2.24) is 20.9 Å². The molecule has 4 N–H and O–H groups in total. The van der Waals surface area contributed by atoms with Gasteiger partial charge in [-0.05, 0) is 44.6 Å². The van der Waals surface area contributed by atoms with Crippen LogP contribution < -0.4 is 16.0 Å². The smallest absolute Gasteiger partial charge is 0.246 e. The molecule has 0 aromatic heterocycles. The first-order valence-electron chi connectivity index (χ1n) is 11.4. The number of aliphatic hydroxyl groups is 1. The number of nitrogens with zero attached hydrogens (tertiary/aromatic N) is 1. The highest BCUT2D eigenvalue weighted by Gasteiger charge is 2.39. The molecule has 3 amide bonds. The lowest BCUT2D eigenvalue weighted by Gasteiger charge is -2.33. The van der Waals surface area contributed by atoms with Gasteiger partial charge in [-0.1, -0.05) is 36.9 Å². The van der Waals surface area contributed by atoms with E-state index in [9.17, 15) is 14.4 Å². The van der Waals surface area contributed by atoms with Gasteiger partial charge in [0.05, 0.1) is 6.04 Å². The number of aliphatic hydroxyl groups excluding tert-OH is 1. The van der Waals surface area contributed by atoms with E-state index in [0.29, 0.717) is 44.3 Å². The van der Waals surface area contributed by atoms with Gasteiger partial charge in [0.25, 0.3) is 0 Å². The molecule has 2 fully saturated rings. The van der Waals surface area contributed by atoms with E-state index in [4.69, 9.17) is 5.11 Å². The number of amides is 3. The van der Waals surface area contributed by atoms with E-state index in [-0.39, 0.29) is 24.3 Å².